The van der Waals surface area contributed by atoms with Gasteiger partial charge < -0.3 is 23.9 Å². The Balaban J connectivity index is 1.73. The number of halogens is 2. The molecular formula is C23H24F2N2O5. The van der Waals surface area contributed by atoms with Gasteiger partial charge in [0.1, 0.15) is 12.0 Å². The van der Waals surface area contributed by atoms with Gasteiger partial charge in [0, 0.05) is 9.68 Å². The molecule has 0 bridgehead atoms. The van der Waals surface area contributed by atoms with E-state index < -0.39 is 25.9 Å². The van der Waals surface area contributed by atoms with Crippen molar-refractivity contribution in [3.8, 4) is 28.7 Å². The Labute approximate surface area is 191 Å². The first-order chi connectivity index (χ1) is 17.3. The van der Waals surface area contributed by atoms with Crippen LogP contribution < -0.4 is 19.5 Å². The van der Waals surface area contributed by atoms with Crippen LogP contribution in [0.1, 0.15) is 43.6 Å². The molecule has 1 amide bonds. The third kappa shape index (κ3) is 5.96. The third-order valence-corrected chi connectivity index (χ3v) is 4.04. The van der Waals surface area contributed by atoms with Gasteiger partial charge in [-0.05, 0) is 51.0 Å². The number of amides is 1. The summed E-state index contributed by atoms with van der Waals surface area (Å²) in [5.41, 5.74) is 0.656. The predicted octanol–water partition coefficient (Wildman–Crippen LogP) is 5.06. The second-order valence-corrected chi connectivity index (χ2v) is 6.73. The molecule has 1 heterocycles. The van der Waals surface area contributed by atoms with Crippen LogP contribution in [0.4, 0.5) is 8.78 Å². The van der Waals surface area contributed by atoms with Crippen LogP contribution in [0, 0.1) is 0 Å². The number of carbonyl (C=O) groups excluding carboxylic acids is 1. The van der Waals surface area contributed by atoms with Crippen molar-refractivity contribution in [1.29, 1.82) is 0 Å². The number of para-hydroxylation sites is 1. The fourth-order valence-corrected chi connectivity index (χ4v) is 2.77. The molecule has 0 fully saturated rings. The molecule has 0 aliphatic rings. The van der Waals surface area contributed by atoms with Crippen LogP contribution >= 0.6 is 0 Å². The van der Waals surface area contributed by atoms with E-state index in [4.69, 9.17) is 20.7 Å². The number of hydrogen-bond donors (Lipinski definition) is 1. The molecule has 3 aromatic rings. The number of alkyl halides is 2. The van der Waals surface area contributed by atoms with Gasteiger partial charge in [-0.25, -0.2) is 4.98 Å². The van der Waals surface area contributed by atoms with E-state index in [2.05, 4.69) is 15.0 Å². The van der Waals surface area contributed by atoms with Crippen LogP contribution in [0.2, 0.25) is 0 Å². The number of rotatable bonds is 10. The average Bonchev–Trinajstić information content (AvgIpc) is 3.26. The van der Waals surface area contributed by atoms with E-state index in [1.165, 1.54) is 48.7 Å². The minimum Gasteiger partial charge on any atom is -0.493 e. The van der Waals surface area contributed by atoms with Gasteiger partial charge in [0.05, 0.1) is 33.2 Å². The summed E-state index contributed by atoms with van der Waals surface area (Å²) in [6.45, 7) is -5.75. The summed E-state index contributed by atoms with van der Waals surface area (Å²) in [6.07, 6.45) is 0.977. The van der Waals surface area contributed by atoms with Gasteiger partial charge in [0.25, 0.3) is 5.91 Å². The molecule has 0 aliphatic heterocycles. The van der Waals surface area contributed by atoms with Gasteiger partial charge in [0.2, 0.25) is 5.89 Å². The maximum absolute atomic E-state index is 12.7. The minimum absolute atomic E-state index is 0.0781. The molecule has 3 rings (SSSR count). The van der Waals surface area contributed by atoms with Gasteiger partial charge in [0.15, 0.2) is 11.5 Å². The lowest BCUT2D eigenvalue weighted by molar-refractivity contribution is -0.0518. The molecule has 2 aromatic carbocycles. The van der Waals surface area contributed by atoms with Gasteiger partial charge >= 0.3 is 6.61 Å². The highest BCUT2D eigenvalue weighted by molar-refractivity contribution is 5.96. The first-order valence-corrected chi connectivity index (χ1v) is 9.53. The van der Waals surface area contributed by atoms with Crippen LogP contribution in [0.3, 0.4) is 0 Å². The largest absolute Gasteiger partial charge is 0.493 e. The van der Waals surface area contributed by atoms with Crippen molar-refractivity contribution in [1.82, 2.24) is 10.3 Å². The Kier molecular flexibility index (Phi) is 5.63. The molecular weight excluding hydrogens is 422 g/mol. The Morgan fingerprint density at radius 3 is 2.75 bits per heavy atom. The zero-order valence-electron chi connectivity index (χ0n) is 22.2. The Hall–Kier alpha value is -3.62. The summed E-state index contributed by atoms with van der Waals surface area (Å²) in [4.78, 5) is 17.0. The second-order valence-electron chi connectivity index (χ2n) is 6.73. The molecule has 0 saturated heterocycles. The highest BCUT2D eigenvalue weighted by Gasteiger charge is 2.17. The van der Waals surface area contributed by atoms with Crippen molar-refractivity contribution in [2.75, 3.05) is 6.56 Å². The number of nitrogens with zero attached hydrogens (tertiary/aromatic N) is 1. The maximum Gasteiger partial charge on any atom is 0.387 e. The first-order valence-electron chi connectivity index (χ1n) is 12.0. The van der Waals surface area contributed by atoms with Gasteiger partial charge in [-0.1, -0.05) is 12.1 Å². The van der Waals surface area contributed by atoms with Crippen LogP contribution in [0.15, 0.2) is 53.1 Å². The topological polar surface area (TPSA) is 82.8 Å². The third-order valence-electron chi connectivity index (χ3n) is 4.04. The van der Waals surface area contributed by atoms with Crippen LogP contribution in [-0.4, -0.2) is 30.2 Å². The van der Waals surface area contributed by atoms with Gasteiger partial charge in [-0.3, -0.25) is 4.79 Å². The summed E-state index contributed by atoms with van der Waals surface area (Å²) in [7, 11) is 0. The van der Waals surface area contributed by atoms with Crippen molar-refractivity contribution >= 4 is 5.91 Å². The monoisotopic (exact) mass is 451 g/mol. The molecule has 0 radical (unpaired) electrons. The first kappa shape index (κ1) is 17.0. The molecule has 9 heteroatoms. The molecule has 0 atom stereocenters. The van der Waals surface area contributed by atoms with E-state index in [9.17, 15) is 13.6 Å². The van der Waals surface area contributed by atoms with E-state index in [1.807, 2.05) is 0 Å². The number of hydrogen-bond acceptors (Lipinski definition) is 6. The number of benzene rings is 2. The zero-order chi connectivity index (χ0) is 27.4. The summed E-state index contributed by atoms with van der Waals surface area (Å²) >= 11 is 0. The summed E-state index contributed by atoms with van der Waals surface area (Å²) < 4.78 is 83.0. The van der Waals surface area contributed by atoms with Crippen LogP contribution in [-0.2, 0) is 6.54 Å². The van der Waals surface area contributed by atoms with E-state index in [-0.39, 0.29) is 41.4 Å². The molecule has 0 aliphatic carbocycles. The van der Waals surface area contributed by atoms with Crippen molar-refractivity contribution in [2.24, 2.45) is 0 Å². The quantitative estimate of drug-likeness (QED) is 0.464. The van der Waals surface area contributed by atoms with Crippen molar-refractivity contribution in [3.63, 3.8) is 0 Å². The number of carbonyl (C=O) groups is 1. The molecule has 1 N–H and O–H groups in total. The summed E-state index contributed by atoms with van der Waals surface area (Å²) in [6, 6.07) is 9.84. The van der Waals surface area contributed by atoms with E-state index >= 15 is 0 Å². The molecule has 170 valence electrons. The molecule has 0 saturated carbocycles. The molecule has 0 unspecified atom stereocenters. The van der Waals surface area contributed by atoms with E-state index in [0.29, 0.717) is 11.3 Å². The lowest BCUT2D eigenvalue weighted by Crippen LogP contribution is -2.23. The Morgan fingerprint density at radius 2 is 2.00 bits per heavy atom. The number of ether oxygens (including phenoxy) is 3. The smallest absolute Gasteiger partial charge is 0.387 e. The fraction of sp³-hybridized carbons (Fsp3) is 0.304. The fourth-order valence-electron chi connectivity index (χ4n) is 2.77. The number of aromatic nitrogens is 1. The second kappa shape index (κ2) is 10.6. The predicted molar refractivity (Wildman–Crippen MR) is 113 cm³/mol. The van der Waals surface area contributed by atoms with Gasteiger partial charge in [-0.15, -0.1) is 0 Å². The molecule has 7 nitrogen and oxygen atoms in total. The van der Waals surface area contributed by atoms with Crippen LogP contribution in [0.25, 0.3) is 11.5 Å². The Morgan fingerprint density at radius 1 is 1.19 bits per heavy atom. The SMILES string of the molecule is [2H]C([2H])([2H])C([2H])([2H])Oc1ccccc1C(=O)NCc1coc(-c2ccc(OC(F)F)c(OC(C)C)c2)n1. The lowest BCUT2D eigenvalue weighted by Gasteiger charge is -2.15. The van der Waals surface area contributed by atoms with Crippen molar-refractivity contribution < 1.29 is 39.1 Å². The highest BCUT2D eigenvalue weighted by Crippen LogP contribution is 2.34. The summed E-state index contributed by atoms with van der Waals surface area (Å²) in [5, 5.41) is 2.58. The van der Waals surface area contributed by atoms with Crippen LogP contribution in [0.5, 0.6) is 17.2 Å². The Bertz CT molecular complexity index is 1230. The van der Waals surface area contributed by atoms with Gasteiger partial charge in [-0.2, -0.15) is 8.78 Å². The minimum atomic E-state index is -3.07. The highest BCUT2D eigenvalue weighted by atomic mass is 19.3. The molecule has 1 aromatic heterocycles. The summed E-state index contributed by atoms with van der Waals surface area (Å²) in [5.74, 6) is -0.839. The zero-order valence-corrected chi connectivity index (χ0v) is 17.2. The standard InChI is InChI=1S/C23H24F2N2O5/c1-4-29-18-8-6-5-7-17(18)21(28)26-12-16-13-30-22(27-16)15-9-10-19(32-23(24)25)20(11-15)31-14(2)3/h5-11,13-14,23H,4,12H2,1-3H3,(H,26,28)/i1D3,4D2. The normalized spacial score (nSPS) is 14.1. The maximum atomic E-state index is 12.7. The lowest BCUT2D eigenvalue weighted by atomic mass is 10.2. The molecule has 0 spiro atoms. The van der Waals surface area contributed by atoms with E-state index in [0.717, 1.165) is 0 Å². The molecule has 32 heavy (non-hydrogen) atoms. The number of oxazole rings is 1. The van der Waals surface area contributed by atoms with Crippen molar-refractivity contribution in [2.45, 2.75) is 40.0 Å². The van der Waals surface area contributed by atoms with Crippen molar-refractivity contribution in [3.05, 3.63) is 60.0 Å². The van der Waals surface area contributed by atoms with E-state index in [1.54, 1.807) is 13.8 Å². The average molecular weight is 451 g/mol. The number of nitrogens with one attached hydrogen (secondary N) is 1.